The van der Waals surface area contributed by atoms with E-state index in [0.717, 1.165) is 41.2 Å². The third-order valence-electron chi connectivity index (χ3n) is 4.33. The minimum atomic E-state index is -0.265. The van der Waals surface area contributed by atoms with Crippen molar-refractivity contribution in [3.8, 4) is 22.5 Å². The van der Waals surface area contributed by atoms with Gasteiger partial charge in [-0.05, 0) is 42.8 Å². The second kappa shape index (κ2) is 5.59. The first kappa shape index (κ1) is 14.1. The molecule has 1 atom stereocenters. The number of aryl methyl sites for hydroxylation is 1. The van der Waals surface area contributed by atoms with Crippen molar-refractivity contribution in [1.29, 1.82) is 0 Å². The van der Waals surface area contributed by atoms with Crippen LogP contribution in [0.5, 0.6) is 0 Å². The molecule has 0 radical (unpaired) electrons. The lowest BCUT2D eigenvalue weighted by atomic mass is 10.0. The lowest BCUT2D eigenvalue weighted by Gasteiger charge is -2.15. The van der Waals surface area contributed by atoms with Crippen molar-refractivity contribution in [2.45, 2.75) is 18.9 Å². The zero-order chi connectivity index (χ0) is 15.8. The van der Waals surface area contributed by atoms with E-state index in [2.05, 4.69) is 9.55 Å². The van der Waals surface area contributed by atoms with E-state index in [0.29, 0.717) is 0 Å². The Labute approximate surface area is 133 Å². The summed E-state index contributed by atoms with van der Waals surface area (Å²) in [6, 6.07) is 10.3. The van der Waals surface area contributed by atoms with Crippen molar-refractivity contribution in [3.05, 3.63) is 60.4 Å². The number of benzene rings is 1. The van der Waals surface area contributed by atoms with Gasteiger partial charge in [0.2, 0.25) is 0 Å². The van der Waals surface area contributed by atoms with Gasteiger partial charge < -0.3 is 9.67 Å². The maximum atomic E-state index is 13.2. The summed E-state index contributed by atoms with van der Waals surface area (Å²) in [6.45, 7) is 0.0876. The Balaban J connectivity index is 1.95. The van der Waals surface area contributed by atoms with Gasteiger partial charge in [0.1, 0.15) is 11.6 Å². The Hall–Kier alpha value is -2.53. The number of aromatic nitrogens is 3. The van der Waals surface area contributed by atoms with E-state index in [9.17, 15) is 9.50 Å². The molecule has 3 aromatic rings. The lowest BCUT2D eigenvalue weighted by molar-refractivity contribution is 0.234. The Bertz CT molecular complexity index is 827. The Kier molecular flexibility index (Phi) is 3.42. The summed E-state index contributed by atoms with van der Waals surface area (Å²) in [5, 5.41) is 9.69. The van der Waals surface area contributed by atoms with Crippen LogP contribution in [0.3, 0.4) is 0 Å². The summed E-state index contributed by atoms with van der Waals surface area (Å²) in [6.07, 6.45) is 5.21. The van der Waals surface area contributed by atoms with Crippen LogP contribution in [0.1, 0.15) is 18.3 Å². The van der Waals surface area contributed by atoms with E-state index >= 15 is 0 Å². The molecule has 0 aliphatic carbocycles. The van der Waals surface area contributed by atoms with E-state index in [-0.39, 0.29) is 18.5 Å². The van der Waals surface area contributed by atoms with Crippen LogP contribution in [0.15, 0.2) is 48.8 Å². The molecule has 4 nitrogen and oxygen atoms in total. The van der Waals surface area contributed by atoms with Crippen LogP contribution in [0.2, 0.25) is 0 Å². The first-order valence-electron chi connectivity index (χ1n) is 7.66. The average Bonchev–Trinajstić information content (AvgIpc) is 3.15. The number of imidazole rings is 1. The standard InChI is InChI=1S/C18H16FN3O/c19-14-3-1-12(2-4-14)17-18(13-7-9-20-10-8-13)22-15(11-23)5-6-16(22)21-17/h1-4,7-10,15,23H,5-6,11H2. The Morgan fingerprint density at radius 3 is 2.52 bits per heavy atom. The van der Waals surface area contributed by atoms with E-state index in [1.807, 2.05) is 12.1 Å². The Morgan fingerprint density at radius 2 is 1.83 bits per heavy atom. The first-order chi connectivity index (χ1) is 11.3. The van der Waals surface area contributed by atoms with Crippen molar-refractivity contribution in [2.75, 3.05) is 6.61 Å². The predicted molar refractivity (Wildman–Crippen MR) is 85.3 cm³/mol. The summed E-state index contributed by atoms with van der Waals surface area (Å²) in [5.74, 6) is 0.703. The molecule has 1 aliphatic rings. The van der Waals surface area contributed by atoms with Gasteiger partial charge in [0, 0.05) is 29.9 Å². The fraction of sp³-hybridized carbons (Fsp3) is 0.222. The van der Waals surface area contributed by atoms with Gasteiger partial charge in [0.15, 0.2) is 0 Å². The highest BCUT2D eigenvalue weighted by Crippen LogP contribution is 2.39. The van der Waals surface area contributed by atoms with E-state index < -0.39 is 0 Å². The maximum absolute atomic E-state index is 13.2. The molecule has 1 N–H and O–H groups in total. The number of aliphatic hydroxyl groups excluding tert-OH is 1. The number of hydrogen-bond donors (Lipinski definition) is 1. The number of rotatable bonds is 3. The molecule has 1 aliphatic heterocycles. The molecule has 0 fully saturated rings. The van der Waals surface area contributed by atoms with Crippen LogP contribution in [0.25, 0.3) is 22.5 Å². The van der Waals surface area contributed by atoms with Gasteiger partial charge in [0.05, 0.1) is 24.0 Å². The molecule has 1 unspecified atom stereocenters. The molecule has 3 heterocycles. The van der Waals surface area contributed by atoms with Gasteiger partial charge in [0.25, 0.3) is 0 Å². The molecule has 2 aromatic heterocycles. The summed E-state index contributed by atoms with van der Waals surface area (Å²) < 4.78 is 15.4. The van der Waals surface area contributed by atoms with Gasteiger partial charge in [-0.3, -0.25) is 4.98 Å². The quantitative estimate of drug-likeness (QED) is 0.808. The molecular formula is C18H16FN3O. The second-order valence-electron chi connectivity index (χ2n) is 5.71. The first-order valence-corrected chi connectivity index (χ1v) is 7.66. The number of pyridine rings is 1. The van der Waals surface area contributed by atoms with E-state index in [1.165, 1.54) is 12.1 Å². The summed E-state index contributed by atoms with van der Waals surface area (Å²) in [4.78, 5) is 8.85. The van der Waals surface area contributed by atoms with Crippen molar-refractivity contribution in [2.24, 2.45) is 0 Å². The SMILES string of the molecule is OCC1CCc2nc(-c3ccc(F)cc3)c(-c3ccncc3)n21. The van der Waals surface area contributed by atoms with Gasteiger partial charge in [-0.25, -0.2) is 9.37 Å². The molecule has 1 aromatic carbocycles. The highest BCUT2D eigenvalue weighted by atomic mass is 19.1. The molecule has 5 heteroatoms. The lowest BCUT2D eigenvalue weighted by Crippen LogP contribution is -2.09. The Morgan fingerprint density at radius 1 is 1.09 bits per heavy atom. The highest BCUT2D eigenvalue weighted by Gasteiger charge is 2.29. The maximum Gasteiger partial charge on any atom is 0.123 e. The van der Waals surface area contributed by atoms with Gasteiger partial charge in [-0.15, -0.1) is 0 Å². The largest absolute Gasteiger partial charge is 0.394 e. The monoisotopic (exact) mass is 309 g/mol. The van der Waals surface area contributed by atoms with E-state index in [1.54, 1.807) is 24.5 Å². The molecular weight excluding hydrogens is 293 g/mol. The van der Waals surface area contributed by atoms with Crippen LogP contribution in [-0.2, 0) is 6.42 Å². The number of halogens is 1. The summed E-state index contributed by atoms with van der Waals surface area (Å²) in [5.41, 5.74) is 3.66. The van der Waals surface area contributed by atoms with Crippen LogP contribution < -0.4 is 0 Å². The zero-order valence-corrected chi connectivity index (χ0v) is 12.5. The van der Waals surface area contributed by atoms with Crippen molar-refractivity contribution < 1.29 is 9.50 Å². The summed E-state index contributed by atoms with van der Waals surface area (Å²) >= 11 is 0. The van der Waals surface area contributed by atoms with Crippen LogP contribution in [0.4, 0.5) is 4.39 Å². The normalized spacial score (nSPS) is 16.5. The van der Waals surface area contributed by atoms with Crippen LogP contribution >= 0.6 is 0 Å². The van der Waals surface area contributed by atoms with E-state index in [4.69, 9.17) is 4.98 Å². The second-order valence-corrected chi connectivity index (χ2v) is 5.71. The molecule has 4 rings (SSSR count). The smallest absolute Gasteiger partial charge is 0.123 e. The van der Waals surface area contributed by atoms with Gasteiger partial charge >= 0.3 is 0 Å². The highest BCUT2D eigenvalue weighted by molar-refractivity contribution is 5.79. The van der Waals surface area contributed by atoms with Crippen molar-refractivity contribution in [1.82, 2.24) is 14.5 Å². The molecule has 0 spiro atoms. The fourth-order valence-electron chi connectivity index (χ4n) is 3.24. The zero-order valence-electron chi connectivity index (χ0n) is 12.5. The molecule has 23 heavy (non-hydrogen) atoms. The molecule has 0 saturated carbocycles. The van der Waals surface area contributed by atoms with Crippen LogP contribution in [0, 0.1) is 5.82 Å². The number of hydrogen-bond acceptors (Lipinski definition) is 3. The molecule has 0 saturated heterocycles. The minimum absolute atomic E-state index is 0.0369. The fourth-order valence-corrected chi connectivity index (χ4v) is 3.24. The topological polar surface area (TPSA) is 50.9 Å². The molecule has 0 bridgehead atoms. The minimum Gasteiger partial charge on any atom is -0.394 e. The molecule has 116 valence electrons. The van der Waals surface area contributed by atoms with Gasteiger partial charge in [-0.1, -0.05) is 0 Å². The number of nitrogens with zero attached hydrogens (tertiary/aromatic N) is 3. The van der Waals surface area contributed by atoms with Crippen molar-refractivity contribution >= 4 is 0 Å². The third-order valence-corrected chi connectivity index (χ3v) is 4.33. The summed E-state index contributed by atoms with van der Waals surface area (Å²) in [7, 11) is 0. The molecule has 0 amide bonds. The third kappa shape index (κ3) is 2.33. The van der Waals surface area contributed by atoms with Gasteiger partial charge in [-0.2, -0.15) is 0 Å². The predicted octanol–water partition coefficient (Wildman–Crippen LogP) is 3.23. The number of fused-ring (bicyclic) bond motifs is 1. The average molecular weight is 309 g/mol. The van der Waals surface area contributed by atoms with Crippen LogP contribution in [-0.4, -0.2) is 26.2 Å². The van der Waals surface area contributed by atoms with Crippen molar-refractivity contribution in [3.63, 3.8) is 0 Å². The number of aliphatic hydroxyl groups is 1.